The number of rotatable bonds is 5. The maximum atomic E-state index is 6.20. The van der Waals surface area contributed by atoms with Crippen molar-refractivity contribution >= 4 is 34.8 Å². The van der Waals surface area contributed by atoms with Crippen LogP contribution in [0, 0.1) is 0 Å². The van der Waals surface area contributed by atoms with Gasteiger partial charge in [-0.15, -0.1) is 0 Å². The lowest BCUT2D eigenvalue weighted by Gasteiger charge is -2.24. The molecule has 0 atom stereocenters. The van der Waals surface area contributed by atoms with E-state index < -0.39 is 0 Å². The molecule has 3 nitrogen and oxygen atoms in total. The largest absolute Gasteiger partial charge is 0.382 e. The van der Waals surface area contributed by atoms with Crippen molar-refractivity contribution in [2.24, 2.45) is 0 Å². The van der Waals surface area contributed by atoms with Gasteiger partial charge in [-0.3, -0.25) is 0 Å². The topological polar surface area (TPSA) is 42.2 Å². The fourth-order valence-corrected chi connectivity index (χ4v) is 2.32. The summed E-state index contributed by atoms with van der Waals surface area (Å²) in [6.45, 7) is 3.16. The smallest absolute Gasteiger partial charge is 0.150 e. The highest BCUT2D eigenvalue weighted by Crippen LogP contribution is 2.36. The fourth-order valence-electron chi connectivity index (χ4n) is 1.85. The summed E-state index contributed by atoms with van der Waals surface area (Å²) in [6.07, 6.45) is 4.72. The molecule has 17 heavy (non-hydrogen) atoms. The maximum absolute atomic E-state index is 6.20. The summed E-state index contributed by atoms with van der Waals surface area (Å²) >= 11 is 12.1. The van der Waals surface area contributed by atoms with E-state index >= 15 is 0 Å². The van der Waals surface area contributed by atoms with Gasteiger partial charge in [0.15, 0.2) is 0 Å². The molecule has 5 heteroatoms. The van der Waals surface area contributed by atoms with Crippen molar-refractivity contribution in [2.45, 2.75) is 38.6 Å². The van der Waals surface area contributed by atoms with Crippen LogP contribution in [0.4, 0.5) is 11.6 Å². The second-order valence-electron chi connectivity index (χ2n) is 4.44. The third kappa shape index (κ3) is 2.96. The molecule has 0 radical (unpaired) electrons. The van der Waals surface area contributed by atoms with E-state index in [1.165, 1.54) is 12.8 Å². The lowest BCUT2D eigenvalue weighted by Crippen LogP contribution is -2.28. The SMILES string of the molecule is CCCCN(c1nc(N)c(Cl)cc1Cl)C1CC1. The summed E-state index contributed by atoms with van der Waals surface area (Å²) in [5, 5.41) is 1.01. The Kier molecular flexibility index (Phi) is 4.00. The van der Waals surface area contributed by atoms with E-state index in [4.69, 9.17) is 28.9 Å². The Labute approximate surface area is 112 Å². The monoisotopic (exact) mass is 273 g/mol. The van der Waals surface area contributed by atoms with Gasteiger partial charge >= 0.3 is 0 Å². The molecule has 0 amide bonds. The number of hydrogen-bond donors (Lipinski definition) is 1. The van der Waals surface area contributed by atoms with Crippen molar-refractivity contribution in [1.29, 1.82) is 0 Å². The quantitative estimate of drug-likeness (QED) is 0.889. The number of nitrogen functional groups attached to an aromatic ring is 1. The second-order valence-corrected chi connectivity index (χ2v) is 5.25. The highest BCUT2D eigenvalue weighted by atomic mass is 35.5. The number of pyridine rings is 1. The second kappa shape index (κ2) is 5.32. The van der Waals surface area contributed by atoms with Gasteiger partial charge in [0.2, 0.25) is 0 Å². The fraction of sp³-hybridized carbons (Fsp3) is 0.583. The van der Waals surface area contributed by atoms with E-state index in [1.807, 2.05) is 0 Å². The zero-order chi connectivity index (χ0) is 12.4. The van der Waals surface area contributed by atoms with Crippen LogP contribution in [-0.4, -0.2) is 17.6 Å². The number of hydrogen-bond acceptors (Lipinski definition) is 3. The van der Waals surface area contributed by atoms with E-state index in [0.717, 1.165) is 25.2 Å². The molecule has 1 saturated carbocycles. The van der Waals surface area contributed by atoms with Gasteiger partial charge in [-0.05, 0) is 25.3 Å². The molecule has 1 aliphatic carbocycles. The molecule has 2 rings (SSSR count). The molecule has 1 fully saturated rings. The van der Waals surface area contributed by atoms with Crippen LogP contribution in [0.2, 0.25) is 10.0 Å². The van der Waals surface area contributed by atoms with Gasteiger partial charge in [0.05, 0.1) is 10.0 Å². The maximum Gasteiger partial charge on any atom is 0.150 e. The lowest BCUT2D eigenvalue weighted by atomic mass is 10.3. The molecular weight excluding hydrogens is 257 g/mol. The Morgan fingerprint density at radius 3 is 2.71 bits per heavy atom. The molecule has 0 bridgehead atoms. The average molecular weight is 274 g/mol. The molecule has 1 aromatic rings. The molecule has 0 aliphatic heterocycles. The van der Waals surface area contributed by atoms with Gasteiger partial charge in [-0.2, -0.15) is 0 Å². The zero-order valence-corrected chi connectivity index (χ0v) is 11.4. The van der Waals surface area contributed by atoms with Crippen LogP contribution >= 0.6 is 23.2 Å². The number of unbranched alkanes of at least 4 members (excludes halogenated alkanes) is 1. The molecule has 94 valence electrons. The minimum atomic E-state index is 0.355. The van der Waals surface area contributed by atoms with Gasteiger partial charge in [0.1, 0.15) is 11.6 Å². The first-order chi connectivity index (χ1) is 8.13. The van der Waals surface area contributed by atoms with Crippen LogP contribution < -0.4 is 10.6 Å². The van der Waals surface area contributed by atoms with E-state index in [1.54, 1.807) is 6.07 Å². The van der Waals surface area contributed by atoms with Crippen LogP contribution in [0.1, 0.15) is 32.6 Å². The van der Waals surface area contributed by atoms with Crippen molar-refractivity contribution in [3.63, 3.8) is 0 Å². The van der Waals surface area contributed by atoms with Gasteiger partial charge in [0.25, 0.3) is 0 Å². The van der Waals surface area contributed by atoms with Crippen molar-refractivity contribution in [2.75, 3.05) is 17.2 Å². The summed E-state index contributed by atoms with van der Waals surface area (Å²) in [6, 6.07) is 2.26. The molecule has 1 heterocycles. The van der Waals surface area contributed by atoms with Crippen LogP contribution in [0.25, 0.3) is 0 Å². The lowest BCUT2D eigenvalue weighted by molar-refractivity contribution is 0.705. The summed E-state index contributed by atoms with van der Waals surface area (Å²) in [5.41, 5.74) is 5.75. The van der Waals surface area contributed by atoms with E-state index in [9.17, 15) is 0 Å². The van der Waals surface area contributed by atoms with E-state index in [0.29, 0.717) is 21.9 Å². The first-order valence-electron chi connectivity index (χ1n) is 6.01. The highest BCUT2D eigenvalue weighted by Gasteiger charge is 2.31. The standard InChI is InChI=1S/C12H17Cl2N3/c1-2-3-6-17(8-4-5-8)12-10(14)7-9(13)11(15)16-12/h7-8H,2-6H2,1H3,(H2,15,16). The first kappa shape index (κ1) is 12.8. The third-order valence-electron chi connectivity index (χ3n) is 2.95. The summed E-state index contributed by atoms with van der Waals surface area (Å²) < 4.78 is 0. The van der Waals surface area contributed by atoms with Gasteiger partial charge < -0.3 is 10.6 Å². The van der Waals surface area contributed by atoms with Crippen LogP contribution in [0.5, 0.6) is 0 Å². The molecule has 1 aromatic heterocycles. The normalized spacial score (nSPS) is 15.0. The van der Waals surface area contributed by atoms with Crippen LogP contribution in [-0.2, 0) is 0 Å². The van der Waals surface area contributed by atoms with E-state index in [2.05, 4.69) is 16.8 Å². The number of nitrogens with zero attached hydrogens (tertiary/aromatic N) is 2. The molecule has 0 spiro atoms. The summed E-state index contributed by atoms with van der Waals surface area (Å²) in [4.78, 5) is 6.59. The predicted molar refractivity (Wildman–Crippen MR) is 73.9 cm³/mol. The summed E-state index contributed by atoms with van der Waals surface area (Å²) in [7, 11) is 0. The number of nitrogens with two attached hydrogens (primary N) is 1. The number of aromatic nitrogens is 1. The summed E-state index contributed by atoms with van der Waals surface area (Å²) in [5.74, 6) is 1.14. The van der Waals surface area contributed by atoms with Crippen LogP contribution in [0.15, 0.2) is 6.07 Å². The molecule has 2 N–H and O–H groups in total. The molecule has 0 unspecified atom stereocenters. The Bertz CT molecular complexity index is 405. The first-order valence-corrected chi connectivity index (χ1v) is 6.77. The Morgan fingerprint density at radius 2 is 2.12 bits per heavy atom. The zero-order valence-electron chi connectivity index (χ0n) is 9.92. The van der Waals surface area contributed by atoms with Crippen molar-refractivity contribution in [1.82, 2.24) is 4.98 Å². The minimum absolute atomic E-state index is 0.355. The minimum Gasteiger partial charge on any atom is -0.382 e. The molecular formula is C12H17Cl2N3. The van der Waals surface area contributed by atoms with Crippen molar-refractivity contribution in [3.05, 3.63) is 16.1 Å². The van der Waals surface area contributed by atoms with Gasteiger partial charge in [0, 0.05) is 12.6 Å². The van der Waals surface area contributed by atoms with Gasteiger partial charge in [-0.25, -0.2) is 4.98 Å². The van der Waals surface area contributed by atoms with Gasteiger partial charge in [-0.1, -0.05) is 36.5 Å². The Morgan fingerprint density at radius 1 is 1.41 bits per heavy atom. The predicted octanol–water partition coefficient (Wildman–Crippen LogP) is 3.74. The number of anilines is 2. The molecule has 0 aromatic carbocycles. The van der Waals surface area contributed by atoms with E-state index in [-0.39, 0.29) is 0 Å². The Balaban J connectivity index is 2.25. The third-order valence-corrected chi connectivity index (χ3v) is 3.53. The molecule has 0 saturated heterocycles. The van der Waals surface area contributed by atoms with Crippen molar-refractivity contribution < 1.29 is 0 Å². The Hall–Kier alpha value is -0.670. The molecule has 1 aliphatic rings. The van der Waals surface area contributed by atoms with Crippen molar-refractivity contribution in [3.8, 4) is 0 Å². The highest BCUT2D eigenvalue weighted by molar-refractivity contribution is 6.37. The number of halogens is 2. The van der Waals surface area contributed by atoms with Crippen LogP contribution in [0.3, 0.4) is 0 Å². The average Bonchev–Trinajstić information content (AvgIpc) is 3.10.